The van der Waals surface area contributed by atoms with Crippen LogP contribution in [0.3, 0.4) is 0 Å². The van der Waals surface area contributed by atoms with Crippen LogP contribution in [0.15, 0.2) is 54.7 Å². The third-order valence-electron chi connectivity index (χ3n) is 7.18. The molecule has 9 heteroatoms. The summed E-state index contributed by atoms with van der Waals surface area (Å²) in [5.74, 6) is 2.07. The molecule has 5 rings (SSSR count). The highest BCUT2D eigenvalue weighted by Gasteiger charge is 2.40. The Kier molecular flexibility index (Phi) is 8.77. The zero-order valence-electron chi connectivity index (χ0n) is 21.5. The monoisotopic (exact) mass is 500 g/mol. The van der Waals surface area contributed by atoms with E-state index >= 15 is 0 Å². The summed E-state index contributed by atoms with van der Waals surface area (Å²) in [4.78, 5) is 11.1. The highest BCUT2D eigenvalue weighted by atomic mass is 16.5. The minimum Gasteiger partial charge on any atom is -0.480 e. The minimum atomic E-state index is -1.46. The van der Waals surface area contributed by atoms with E-state index in [-0.39, 0.29) is 0 Å². The van der Waals surface area contributed by atoms with Gasteiger partial charge in [-0.3, -0.25) is 0 Å². The maximum atomic E-state index is 8.66. The van der Waals surface area contributed by atoms with Crippen molar-refractivity contribution in [3.8, 4) is 29.1 Å². The summed E-state index contributed by atoms with van der Waals surface area (Å²) in [5.41, 5.74) is 4.30. The Morgan fingerprint density at radius 1 is 1.08 bits per heavy atom. The molecule has 0 bridgehead atoms. The lowest BCUT2D eigenvalue weighted by Gasteiger charge is -2.20. The lowest BCUT2D eigenvalue weighted by atomic mass is 9.80. The van der Waals surface area contributed by atoms with Crippen molar-refractivity contribution >= 4 is 12.6 Å². The molecule has 192 valence electrons. The molecule has 0 amide bonds. The molecule has 0 radical (unpaired) electrons. The van der Waals surface area contributed by atoms with Crippen LogP contribution in [0.25, 0.3) is 11.1 Å². The normalized spacial score (nSPS) is 20.4. The molecule has 8 nitrogen and oxygen atoms in total. The maximum absolute atomic E-state index is 8.66. The summed E-state index contributed by atoms with van der Waals surface area (Å²) < 4.78 is 10.5. The number of hydrogen-bond acceptors (Lipinski definition) is 8. The molecule has 1 aliphatic carbocycles. The third kappa shape index (κ3) is 6.66. The van der Waals surface area contributed by atoms with Crippen molar-refractivity contribution in [1.29, 1.82) is 5.26 Å². The van der Waals surface area contributed by atoms with Gasteiger partial charge in [-0.15, -0.1) is 0 Å². The number of rotatable bonds is 7. The zero-order valence-corrected chi connectivity index (χ0v) is 21.5. The van der Waals surface area contributed by atoms with E-state index in [1.165, 1.54) is 62.2 Å². The van der Waals surface area contributed by atoms with Crippen molar-refractivity contribution in [2.45, 2.75) is 38.1 Å². The summed E-state index contributed by atoms with van der Waals surface area (Å²) in [6.45, 7) is 4.90. The number of hydrogen-bond donors (Lipinski definition) is 2. The first kappa shape index (κ1) is 26.6. The molecule has 2 heterocycles. The smallest absolute Gasteiger partial charge is 0.480 e. The van der Waals surface area contributed by atoms with E-state index in [9.17, 15) is 0 Å². The number of methoxy groups -OCH3 is 2. The first-order valence-corrected chi connectivity index (χ1v) is 12.6. The molecule has 2 aliphatic rings. The van der Waals surface area contributed by atoms with Crippen molar-refractivity contribution in [2.24, 2.45) is 5.92 Å². The Morgan fingerprint density at radius 3 is 2.38 bits per heavy atom. The first-order valence-electron chi connectivity index (χ1n) is 12.6. The van der Waals surface area contributed by atoms with Crippen LogP contribution in [0.4, 0.5) is 0 Å². The van der Waals surface area contributed by atoms with Crippen LogP contribution in [-0.2, 0) is 0 Å². The molecule has 1 saturated carbocycles. The van der Waals surface area contributed by atoms with Gasteiger partial charge in [0.2, 0.25) is 5.88 Å². The topological polar surface area (TPSA) is 112 Å². The van der Waals surface area contributed by atoms with Gasteiger partial charge in [0.15, 0.2) is 0 Å². The number of nitriles is 1. The summed E-state index contributed by atoms with van der Waals surface area (Å²) in [6.07, 6.45) is 5.79. The van der Waals surface area contributed by atoms with Crippen LogP contribution in [0, 0.1) is 17.2 Å². The van der Waals surface area contributed by atoms with E-state index < -0.39 is 7.12 Å². The van der Waals surface area contributed by atoms with E-state index in [1.54, 1.807) is 20.4 Å². The lowest BCUT2D eigenvalue weighted by molar-refractivity contribution is 0.256. The third-order valence-corrected chi connectivity index (χ3v) is 7.18. The highest BCUT2D eigenvalue weighted by Crippen LogP contribution is 2.48. The molecule has 0 unspecified atom stereocenters. The lowest BCUT2D eigenvalue weighted by Crippen LogP contribution is -2.29. The van der Waals surface area contributed by atoms with Gasteiger partial charge in [-0.2, -0.15) is 10.2 Å². The van der Waals surface area contributed by atoms with E-state index in [0.717, 1.165) is 23.1 Å². The molecular formula is C28H33BN4O4. The Balaban J connectivity index is 0.000000245. The predicted molar refractivity (Wildman–Crippen MR) is 143 cm³/mol. The molecule has 2 N–H and O–H groups in total. The second-order valence-electron chi connectivity index (χ2n) is 9.60. The summed E-state index contributed by atoms with van der Waals surface area (Å²) in [6, 6.07) is 17.9. The summed E-state index contributed by atoms with van der Waals surface area (Å²) in [7, 11) is 1.72. The average Bonchev–Trinajstić information content (AvgIpc) is 3.60. The van der Waals surface area contributed by atoms with Crippen LogP contribution in [-0.4, -0.2) is 65.4 Å². The SMILES string of the molecule is COc1ncc(-c2ccc([C@@H]3C[C@H]3CN3CCC[C@@H]3C)cc2)c(OC)n1.N#Cc1ccc(B(O)O)cc1. The summed E-state index contributed by atoms with van der Waals surface area (Å²) >= 11 is 0. The van der Waals surface area contributed by atoms with Crippen LogP contribution >= 0.6 is 0 Å². The van der Waals surface area contributed by atoms with Gasteiger partial charge in [-0.1, -0.05) is 36.4 Å². The fourth-order valence-corrected chi connectivity index (χ4v) is 4.87. The standard InChI is InChI=1S/C21H27N3O2.C7H6BNO2/c1-14-5-4-10-24(14)13-17-11-18(17)15-6-8-16(9-7-15)19-12-22-21(26-3)23-20(19)25-2;9-5-6-1-3-7(4-2-6)8(10)11/h6-9,12,14,17-18H,4-5,10-11,13H2,1-3H3;1-4,10-11H/t14-,17-,18-;/m0./s1. The second kappa shape index (κ2) is 12.2. The van der Waals surface area contributed by atoms with Crippen molar-refractivity contribution in [1.82, 2.24) is 14.9 Å². The van der Waals surface area contributed by atoms with Crippen LogP contribution in [0.1, 0.15) is 43.2 Å². The summed E-state index contributed by atoms with van der Waals surface area (Å²) in [5, 5.41) is 25.7. The van der Waals surface area contributed by atoms with E-state index in [1.807, 2.05) is 6.07 Å². The highest BCUT2D eigenvalue weighted by molar-refractivity contribution is 6.58. The van der Waals surface area contributed by atoms with Crippen molar-refractivity contribution in [2.75, 3.05) is 27.3 Å². The van der Waals surface area contributed by atoms with E-state index in [2.05, 4.69) is 46.1 Å². The maximum Gasteiger partial charge on any atom is 0.488 e. The number of ether oxygens (including phenoxy) is 2. The van der Waals surface area contributed by atoms with Gasteiger partial charge in [-0.25, -0.2) is 4.98 Å². The van der Waals surface area contributed by atoms with E-state index in [4.69, 9.17) is 24.8 Å². The van der Waals surface area contributed by atoms with Gasteiger partial charge in [0.05, 0.1) is 31.4 Å². The van der Waals surface area contributed by atoms with Gasteiger partial charge < -0.3 is 24.4 Å². The van der Waals surface area contributed by atoms with Crippen molar-refractivity contribution in [3.05, 3.63) is 65.9 Å². The van der Waals surface area contributed by atoms with Gasteiger partial charge in [0.25, 0.3) is 0 Å². The fourth-order valence-electron chi connectivity index (χ4n) is 4.87. The first-order chi connectivity index (χ1) is 17.9. The quantitative estimate of drug-likeness (QED) is 0.477. The Morgan fingerprint density at radius 2 is 1.81 bits per heavy atom. The van der Waals surface area contributed by atoms with Gasteiger partial charge in [0, 0.05) is 18.8 Å². The van der Waals surface area contributed by atoms with Gasteiger partial charge in [-0.05, 0) is 73.3 Å². The predicted octanol–water partition coefficient (Wildman–Crippen LogP) is 2.99. The molecule has 1 saturated heterocycles. The minimum absolute atomic E-state index is 0.319. The van der Waals surface area contributed by atoms with E-state index in [0.29, 0.717) is 28.8 Å². The van der Waals surface area contributed by atoms with Crippen LogP contribution in [0.5, 0.6) is 11.9 Å². The van der Waals surface area contributed by atoms with Gasteiger partial charge in [0.1, 0.15) is 0 Å². The second-order valence-corrected chi connectivity index (χ2v) is 9.60. The van der Waals surface area contributed by atoms with Crippen molar-refractivity contribution in [3.63, 3.8) is 0 Å². The number of nitrogens with zero attached hydrogens (tertiary/aromatic N) is 4. The molecule has 2 fully saturated rings. The zero-order chi connectivity index (χ0) is 26.4. The Hall–Kier alpha value is -3.45. The molecular weight excluding hydrogens is 467 g/mol. The molecule has 1 aromatic heterocycles. The van der Waals surface area contributed by atoms with Crippen LogP contribution < -0.4 is 14.9 Å². The largest absolute Gasteiger partial charge is 0.488 e. The fraction of sp³-hybridized carbons (Fsp3) is 0.393. The number of aromatic nitrogens is 2. The number of benzene rings is 2. The molecule has 1 aliphatic heterocycles. The van der Waals surface area contributed by atoms with Crippen LogP contribution in [0.2, 0.25) is 0 Å². The Labute approximate surface area is 218 Å². The average molecular weight is 500 g/mol. The molecule has 2 aromatic carbocycles. The molecule has 3 atom stereocenters. The van der Waals surface area contributed by atoms with Gasteiger partial charge >= 0.3 is 13.1 Å². The molecule has 0 spiro atoms. The number of likely N-dealkylation sites (tertiary alicyclic amines) is 1. The Bertz CT molecular complexity index is 1210. The molecule has 37 heavy (non-hydrogen) atoms. The molecule has 3 aromatic rings. The van der Waals surface area contributed by atoms with Crippen molar-refractivity contribution < 1.29 is 19.5 Å².